The van der Waals surface area contributed by atoms with E-state index >= 15 is 0 Å². The number of ether oxygens (including phenoxy) is 1. The first-order valence-corrected chi connectivity index (χ1v) is 11.3. The Hall–Kier alpha value is -4.38. The number of hydrogen-bond acceptors (Lipinski definition) is 7. The maximum absolute atomic E-state index is 14.1. The van der Waals surface area contributed by atoms with Crippen LogP contribution in [-0.2, 0) is 13.0 Å². The molecule has 1 fully saturated rings. The molecule has 0 unspecified atom stereocenters. The van der Waals surface area contributed by atoms with Gasteiger partial charge in [-0.1, -0.05) is 11.6 Å². The number of nitrogens with zero attached hydrogens (tertiary/aromatic N) is 8. The van der Waals surface area contributed by atoms with E-state index in [0.29, 0.717) is 22.2 Å². The van der Waals surface area contributed by atoms with E-state index < -0.39 is 54.0 Å². The first kappa shape index (κ1) is 28.6. The van der Waals surface area contributed by atoms with Crippen molar-refractivity contribution in [2.75, 3.05) is 6.54 Å². The lowest BCUT2D eigenvalue weighted by molar-refractivity contribution is -0.291. The lowest BCUT2D eigenvalue weighted by Crippen LogP contribution is -2.41. The SMILES string of the molecule is Cn1nc(C(F)(F)C(F)(F)F)c(OC(F)F)c1-n1cc(-c2cnc(Cl)c(C(=O)N(CC#N)C3(C#N)CC3)c2)cn1. The summed E-state index contributed by atoms with van der Waals surface area (Å²) < 4.78 is 98.4. The highest BCUT2D eigenvalue weighted by molar-refractivity contribution is 6.32. The molecule has 0 bridgehead atoms. The van der Waals surface area contributed by atoms with Gasteiger partial charge >= 0.3 is 18.7 Å². The van der Waals surface area contributed by atoms with E-state index in [1.807, 2.05) is 12.1 Å². The highest BCUT2D eigenvalue weighted by Crippen LogP contribution is 2.48. The number of carbonyl (C=O) groups is 1. The third-order valence-electron chi connectivity index (χ3n) is 5.96. The summed E-state index contributed by atoms with van der Waals surface area (Å²) in [5.41, 5.74) is -3.23. The Labute approximate surface area is 224 Å². The largest absolute Gasteiger partial charge is 0.459 e. The second kappa shape index (κ2) is 9.98. The standard InChI is InChI=1S/C22H14ClF7N8O2/c1-36-17(14(40-19(24)25)15(35-36)21(26,27)22(28,29)30)38-9-12(8-34-38)11-6-13(16(23)33-7-11)18(39)37(5-4-31)20(10-32)2-3-20/h6-9,19H,2-3,5H2,1H3. The van der Waals surface area contributed by atoms with Crippen LogP contribution in [0.15, 0.2) is 24.7 Å². The zero-order chi connectivity index (χ0) is 29.6. The van der Waals surface area contributed by atoms with Crippen LogP contribution in [0.2, 0.25) is 5.15 Å². The molecule has 0 spiro atoms. The molecule has 0 saturated heterocycles. The Kier molecular flexibility index (Phi) is 7.14. The van der Waals surface area contributed by atoms with Crippen molar-refractivity contribution in [3.05, 3.63) is 41.1 Å². The van der Waals surface area contributed by atoms with Crippen LogP contribution >= 0.6 is 11.6 Å². The van der Waals surface area contributed by atoms with E-state index in [1.54, 1.807) is 0 Å². The molecular weight excluding hydrogens is 577 g/mol. The molecule has 10 nitrogen and oxygen atoms in total. The highest BCUT2D eigenvalue weighted by Gasteiger charge is 2.62. The van der Waals surface area contributed by atoms with Crippen molar-refractivity contribution in [1.82, 2.24) is 29.4 Å². The zero-order valence-corrected chi connectivity index (χ0v) is 20.7. The molecule has 18 heteroatoms. The lowest BCUT2D eigenvalue weighted by atomic mass is 10.1. The second-order valence-corrected chi connectivity index (χ2v) is 8.86. The first-order valence-electron chi connectivity index (χ1n) is 10.9. The van der Waals surface area contributed by atoms with Crippen molar-refractivity contribution in [3.63, 3.8) is 0 Å². The van der Waals surface area contributed by atoms with Gasteiger partial charge in [-0.05, 0) is 18.9 Å². The maximum atomic E-state index is 14.1. The molecule has 0 radical (unpaired) electrons. The van der Waals surface area contributed by atoms with E-state index in [4.69, 9.17) is 16.9 Å². The quantitative estimate of drug-likeness (QED) is 0.213. The van der Waals surface area contributed by atoms with Crippen LogP contribution in [0, 0.1) is 22.7 Å². The van der Waals surface area contributed by atoms with Gasteiger partial charge in [0.05, 0.1) is 23.9 Å². The predicted molar refractivity (Wildman–Crippen MR) is 119 cm³/mol. The molecule has 1 amide bonds. The molecule has 3 aromatic heterocycles. The third-order valence-corrected chi connectivity index (χ3v) is 6.26. The fraction of sp³-hybridized carbons (Fsp3) is 0.364. The Morgan fingerprint density at radius 3 is 2.45 bits per heavy atom. The zero-order valence-electron chi connectivity index (χ0n) is 19.9. The fourth-order valence-corrected chi connectivity index (χ4v) is 4.01. The molecule has 1 aliphatic rings. The fourth-order valence-electron chi connectivity index (χ4n) is 3.82. The van der Waals surface area contributed by atoms with Crippen molar-refractivity contribution in [1.29, 1.82) is 10.5 Å². The van der Waals surface area contributed by atoms with Crippen molar-refractivity contribution < 1.29 is 40.3 Å². The molecule has 0 aliphatic heterocycles. The Morgan fingerprint density at radius 2 is 1.90 bits per heavy atom. The number of halogens is 8. The van der Waals surface area contributed by atoms with E-state index in [0.717, 1.165) is 24.3 Å². The van der Waals surface area contributed by atoms with Crippen LogP contribution in [0.25, 0.3) is 16.9 Å². The van der Waals surface area contributed by atoms with Gasteiger partial charge in [-0.15, -0.1) is 0 Å². The molecule has 3 heterocycles. The summed E-state index contributed by atoms with van der Waals surface area (Å²) >= 11 is 6.10. The van der Waals surface area contributed by atoms with Crippen molar-refractivity contribution in [3.8, 4) is 34.8 Å². The number of nitriles is 2. The lowest BCUT2D eigenvalue weighted by Gasteiger charge is -2.24. The number of pyridine rings is 1. The number of aryl methyl sites for hydroxylation is 1. The number of carbonyl (C=O) groups excluding carboxylic acids is 1. The molecule has 210 valence electrons. The van der Waals surface area contributed by atoms with Gasteiger partial charge in [-0.2, -0.15) is 51.5 Å². The van der Waals surface area contributed by atoms with Gasteiger partial charge in [0.2, 0.25) is 0 Å². The number of amides is 1. The molecule has 0 aromatic carbocycles. The minimum Gasteiger partial charge on any atom is -0.428 e. The normalized spacial score (nSPS) is 14.5. The molecular formula is C22H14ClF7N8O2. The average molecular weight is 591 g/mol. The molecule has 0 atom stereocenters. The predicted octanol–water partition coefficient (Wildman–Crippen LogP) is 4.60. The molecule has 40 heavy (non-hydrogen) atoms. The summed E-state index contributed by atoms with van der Waals surface area (Å²) in [6.07, 6.45) is -2.18. The van der Waals surface area contributed by atoms with Crippen LogP contribution in [-0.4, -0.2) is 60.2 Å². The summed E-state index contributed by atoms with van der Waals surface area (Å²) in [4.78, 5) is 18.2. The van der Waals surface area contributed by atoms with E-state index in [1.165, 1.54) is 12.3 Å². The molecule has 3 aromatic rings. The van der Waals surface area contributed by atoms with Gasteiger partial charge in [-0.3, -0.25) is 4.79 Å². The van der Waals surface area contributed by atoms with Gasteiger partial charge < -0.3 is 9.64 Å². The van der Waals surface area contributed by atoms with Gasteiger partial charge in [0.15, 0.2) is 17.3 Å². The number of hydrogen-bond donors (Lipinski definition) is 0. The van der Waals surface area contributed by atoms with Crippen LogP contribution in [0.5, 0.6) is 5.75 Å². The van der Waals surface area contributed by atoms with Crippen molar-refractivity contribution in [2.24, 2.45) is 7.05 Å². The van der Waals surface area contributed by atoms with Gasteiger partial charge in [0, 0.05) is 30.6 Å². The highest BCUT2D eigenvalue weighted by atomic mass is 35.5. The minimum atomic E-state index is -6.17. The van der Waals surface area contributed by atoms with Crippen LogP contribution in [0.4, 0.5) is 30.7 Å². The molecule has 4 rings (SSSR count). The van der Waals surface area contributed by atoms with Crippen LogP contribution in [0.3, 0.4) is 0 Å². The molecule has 1 saturated carbocycles. The number of aromatic nitrogens is 5. The smallest absolute Gasteiger partial charge is 0.428 e. The van der Waals surface area contributed by atoms with Gasteiger partial charge in [-0.25, -0.2) is 14.3 Å². The van der Waals surface area contributed by atoms with Gasteiger partial charge in [0.25, 0.3) is 5.91 Å². The Morgan fingerprint density at radius 1 is 1.23 bits per heavy atom. The number of rotatable bonds is 8. The minimum absolute atomic E-state index is 0.0970. The summed E-state index contributed by atoms with van der Waals surface area (Å²) in [5, 5.41) is 25.3. The number of alkyl halides is 7. The van der Waals surface area contributed by atoms with Gasteiger partial charge in [0.1, 0.15) is 17.2 Å². The summed E-state index contributed by atoms with van der Waals surface area (Å²) in [6.45, 7) is -4.20. The second-order valence-electron chi connectivity index (χ2n) is 8.50. The topological polar surface area (TPSA) is 126 Å². The monoisotopic (exact) mass is 590 g/mol. The van der Waals surface area contributed by atoms with E-state index in [2.05, 4.69) is 19.9 Å². The van der Waals surface area contributed by atoms with Crippen LogP contribution in [0.1, 0.15) is 28.9 Å². The van der Waals surface area contributed by atoms with E-state index in [9.17, 15) is 40.8 Å². The van der Waals surface area contributed by atoms with Crippen molar-refractivity contribution in [2.45, 2.75) is 37.1 Å². The Balaban J connectivity index is 1.76. The Bertz CT molecular complexity index is 1550. The first-order chi connectivity index (χ1) is 18.7. The van der Waals surface area contributed by atoms with Crippen molar-refractivity contribution >= 4 is 17.5 Å². The summed E-state index contributed by atoms with van der Waals surface area (Å²) in [6, 6.07) is 5.05. The summed E-state index contributed by atoms with van der Waals surface area (Å²) in [5.74, 6) is -8.76. The summed E-state index contributed by atoms with van der Waals surface area (Å²) in [7, 11) is 0.915. The van der Waals surface area contributed by atoms with Crippen LogP contribution < -0.4 is 4.74 Å². The average Bonchev–Trinajstić information content (AvgIpc) is 3.40. The van der Waals surface area contributed by atoms with E-state index in [-0.39, 0.29) is 21.8 Å². The third kappa shape index (κ3) is 4.88. The molecule has 0 N–H and O–H groups in total. The maximum Gasteiger partial charge on any atom is 0.459 e. The molecule has 1 aliphatic carbocycles.